The molecule has 0 saturated heterocycles. The fourth-order valence-corrected chi connectivity index (χ4v) is 4.33. The Bertz CT molecular complexity index is 768. The monoisotopic (exact) mass is 363 g/mol. The second-order valence-corrected chi connectivity index (χ2v) is 8.63. The number of carbonyl (C=O) groups is 1. The zero-order valence-corrected chi connectivity index (χ0v) is 14.2. The second-order valence-electron chi connectivity index (χ2n) is 3.94. The maximum absolute atomic E-state index is 11.4. The van der Waals surface area contributed by atoms with E-state index in [0.29, 0.717) is 4.34 Å². The zero-order chi connectivity index (χ0) is 15.6. The maximum Gasteiger partial charge on any atom is 0.351 e. The quantitative estimate of drug-likeness (QED) is 0.777. The Hall–Kier alpha value is -1.09. The summed E-state index contributed by atoms with van der Waals surface area (Å²) in [6.45, 7) is 0. The number of benzene rings is 1. The molecule has 1 aromatic carbocycles. The van der Waals surface area contributed by atoms with Gasteiger partial charge in [0.05, 0.1) is 12.0 Å². The molecule has 2 rings (SSSR count). The highest BCUT2D eigenvalue weighted by Crippen LogP contribution is 2.35. The van der Waals surface area contributed by atoms with Gasteiger partial charge in [-0.1, -0.05) is 34.7 Å². The molecule has 0 bridgehead atoms. The van der Waals surface area contributed by atoms with Crippen molar-refractivity contribution in [1.29, 1.82) is 0 Å². The Labute approximate surface area is 135 Å². The molecule has 112 valence electrons. The molecule has 0 saturated carbocycles. The van der Waals surface area contributed by atoms with E-state index in [0.717, 1.165) is 22.5 Å². The van der Waals surface area contributed by atoms with Crippen LogP contribution in [0.4, 0.5) is 0 Å². The molecular formula is C12H10ClNO4S3. The first kappa shape index (κ1) is 16.3. The summed E-state index contributed by atoms with van der Waals surface area (Å²) in [5.41, 5.74) is 0. The predicted molar refractivity (Wildman–Crippen MR) is 82.1 cm³/mol. The average molecular weight is 364 g/mol. The molecule has 9 heteroatoms. The van der Waals surface area contributed by atoms with Gasteiger partial charge in [-0.2, -0.15) is 0 Å². The van der Waals surface area contributed by atoms with E-state index in [4.69, 9.17) is 11.6 Å². The zero-order valence-electron chi connectivity index (χ0n) is 11.0. The van der Waals surface area contributed by atoms with Crippen molar-refractivity contribution in [2.45, 2.75) is 14.1 Å². The topological polar surface area (TPSA) is 73.3 Å². The van der Waals surface area contributed by atoms with Crippen LogP contribution in [0.25, 0.3) is 0 Å². The van der Waals surface area contributed by atoms with E-state index in [1.807, 2.05) is 0 Å². The minimum absolute atomic E-state index is 0.0992. The van der Waals surface area contributed by atoms with E-state index in [1.54, 1.807) is 12.1 Å². The SMILES string of the molecule is COC(=O)c1sc(Sc2ccc(S(C)(=O)=O)cc2)nc1Cl. The number of ether oxygens (including phenoxy) is 1. The average Bonchev–Trinajstić information content (AvgIpc) is 2.78. The third-order valence-corrected chi connectivity index (χ3v) is 6.01. The highest BCUT2D eigenvalue weighted by atomic mass is 35.5. The van der Waals surface area contributed by atoms with Crippen molar-refractivity contribution >= 4 is 50.5 Å². The number of nitrogens with zero attached hydrogens (tertiary/aromatic N) is 1. The number of rotatable bonds is 4. The van der Waals surface area contributed by atoms with Gasteiger partial charge in [0.15, 0.2) is 24.2 Å². The number of aromatic nitrogens is 1. The molecule has 0 N–H and O–H groups in total. The lowest BCUT2D eigenvalue weighted by atomic mass is 10.4. The molecule has 0 fully saturated rings. The molecule has 0 aliphatic rings. The number of esters is 1. The lowest BCUT2D eigenvalue weighted by molar-refractivity contribution is 0.0606. The van der Waals surface area contributed by atoms with E-state index < -0.39 is 15.8 Å². The second kappa shape index (κ2) is 6.35. The molecule has 0 aliphatic carbocycles. The predicted octanol–water partition coefficient (Wildman–Crippen LogP) is 3.14. The Morgan fingerprint density at radius 3 is 2.48 bits per heavy atom. The van der Waals surface area contributed by atoms with Gasteiger partial charge in [-0.3, -0.25) is 0 Å². The van der Waals surface area contributed by atoms with Crippen LogP contribution in [-0.4, -0.2) is 32.7 Å². The van der Waals surface area contributed by atoms with E-state index in [9.17, 15) is 13.2 Å². The molecule has 0 atom stereocenters. The molecule has 5 nitrogen and oxygen atoms in total. The van der Waals surface area contributed by atoms with Gasteiger partial charge in [0.2, 0.25) is 0 Å². The molecular weight excluding hydrogens is 354 g/mol. The number of thiazole rings is 1. The van der Waals surface area contributed by atoms with E-state index in [1.165, 1.54) is 31.0 Å². The number of carbonyl (C=O) groups excluding carboxylic acids is 1. The summed E-state index contributed by atoms with van der Waals surface area (Å²) in [5, 5.41) is 0.0992. The summed E-state index contributed by atoms with van der Waals surface area (Å²) >= 11 is 8.29. The van der Waals surface area contributed by atoms with Crippen LogP contribution in [0.5, 0.6) is 0 Å². The van der Waals surface area contributed by atoms with Gasteiger partial charge in [-0.15, -0.1) is 0 Å². The summed E-state index contributed by atoms with van der Waals surface area (Å²) < 4.78 is 27.9. The molecule has 0 spiro atoms. The van der Waals surface area contributed by atoms with E-state index >= 15 is 0 Å². The number of methoxy groups -OCH3 is 1. The fraction of sp³-hybridized carbons (Fsp3) is 0.167. The lowest BCUT2D eigenvalue weighted by Gasteiger charge is -2.00. The third-order valence-electron chi connectivity index (χ3n) is 2.39. The smallest absolute Gasteiger partial charge is 0.351 e. The number of halogens is 1. The van der Waals surface area contributed by atoms with Crippen molar-refractivity contribution in [3.8, 4) is 0 Å². The Kier molecular flexibility index (Phi) is 4.92. The summed E-state index contributed by atoms with van der Waals surface area (Å²) in [6.07, 6.45) is 1.15. The van der Waals surface area contributed by atoms with Crippen LogP contribution in [0.15, 0.2) is 38.4 Å². The van der Waals surface area contributed by atoms with Crippen LogP contribution in [0.3, 0.4) is 0 Å². The molecule has 1 heterocycles. The van der Waals surface area contributed by atoms with Crippen LogP contribution in [-0.2, 0) is 14.6 Å². The Morgan fingerprint density at radius 2 is 1.95 bits per heavy atom. The summed E-state index contributed by atoms with van der Waals surface area (Å²) in [7, 11) is -1.94. The molecule has 0 aliphatic heterocycles. The van der Waals surface area contributed by atoms with Crippen molar-refractivity contribution in [3.05, 3.63) is 34.3 Å². The minimum atomic E-state index is -3.21. The van der Waals surface area contributed by atoms with Gasteiger partial charge in [-0.25, -0.2) is 18.2 Å². The molecule has 0 amide bonds. The Balaban J connectivity index is 2.21. The van der Waals surface area contributed by atoms with Crippen LogP contribution < -0.4 is 0 Å². The molecule has 1 aromatic heterocycles. The van der Waals surface area contributed by atoms with Crippen molar-refractivity contribution in [1.82, 2.24) is 4.98 Å². The van der Waals surface area contributed by atoms with Gasteiger partial charge in [-0.05, 0) is 24.3 Å². The fourth-order valence-electron chi connectivity index (χ4n) is 1.40. The number of sulfone groups is 1. The largest absolute Gasteiger partial charge is 0.465 e. The van der Waals surface area contributed by atoms with E-state index in [-0.39, 0.29) is 14.9 Å². The molecule has 0 unspecified atom stereocenters. The molecule has 0 radical (unpaired) electrons. The van der Waals surface area contributed by atoms with Crippen LogP contribution in [0.2, 0.25) is 5.15 Å². The van der Waals surface area contributed by atoms with Gasteiger partial charge < -0.3 is 4.74 Å². The first-order chi connectivity index (χ1) is 9.81. The first-order valence-electron chi connectivity index (χ1n) is 5.54. The van der Waals surface area contributed by atoms with Crippen LogP contribution in [0, 0.1) is 0 Å². The first-order valence-corrected chi connectivity index (χ1v) is 9.44. The van der Waals surface area contributed by atoms with Gasteiger partial charge in [0, 0.05) is 11.2 Å². The van der Waals surface area contributed by atoms with Crippen molar-refractivity contribution in [2.75, 3.05) is 13.4 Å². The number of hydrogen-bond donors (Lipinski definition) is 0. The van der Waals surface area contributed by atoms with Gasteiger partial charge in [0.25, 0.3) is 0 Å². The van der Waals surface area contributed by atoms with E-state index in [2.05, 4.69) is 9.72 Å². The third kappa shape index (κ3) is 3.97. The highest BCUT2D eigenvalue weighted by molar-refractivity contribution is 8.01. The highest BCUT2D eigenvalue weighted by Gasteiger charge is 2.18. The summed E-state index contributed by atoms with van der Waals surface area (Å²) in [5.74, 6) is -0.531. The van der Waals surface area contributed by atoms with Crippen LogP contribution >= 0.6 is 34.7 Å². The van der Waals surface area contributed by atoms with Gasteiger partial charge in [0.1, 0.15) is 0 Å². The molecule has 21 heavy (non-hydrogen) atoms. The van der Waals surface area contributed by atoms with Crippen molar-refractivity contribution in [3.63, 3.8) is 0 Å². The van der Waals surface area contributed by atoms with Crippen LogP contribution in [0.1, 0.15) is 9.67 Å². The minimum Gasteiger partial charge on any atom is -0.465 e. The number of hydrogen-bond acceptors (Lipinski definition) is 7. The van der Waals surface area contributed by atoms with Crippen molar-refractivity contribution < 1.29 is 17.9 Å². The molecule has 2 aromatic rings. The Morgan fingerprint density at radius 1 is 1.33 bits per heavy atom. The summed E-state index contributed by atoms with van der Waals surface area (Å²) in [4.78, 5) is 16.8. The lowest BCUT2D eigenvalue weighted by Crippen LogP contribution is -1.98. The normalized spacial score (nSPS) is 11.4. The van der Waals surface area contributed by atoms with Gasteiger partial charge >= 0.3 is 5.97 Å². The van der Waals surface area contributed by atoms with Crippen molar-refractivity contribution in [2.24, 2.45) is 0 Å². The summed E-state index contributed by atoms with van der Waals surface area (Å²) in [6, 6.07) is 6.39. The standard InChI is InChI=1S/C12H10ClNO4S3/c1-18-11(15)9-10(13)14-12(20-9)19-7-3-5-8(6-4-7)21(2,16)17/h3-6H,1-2H3. The maximum atomic E-state index is 11.4.